The van der Waals surface area contributed by atoms with Gasteiger partial charge in [0.05, 0.1) is 11.3 Å². The number of benzene rings is 1. The zero-order valence-corrected chi connectivity index (χ0v) is 17.4. The summed E-state index contributed by atoms with van der Waals surface area (Å²) in [5.74, 6) is 1.30. The fourth-order valence-corrected chi connectivity index (χ4v) is 4.33. The van der Waals surface area contributed by atoms with Crippen molar-refractivity contribution in [1.29, 1.82) is 0 Å². The normalized spacial score (nSPS) is 18.7. The Kier molecular flexibility index (Phi) is 5.86. The van der Waals surface area contributed by atoms with E-state index in [0.717, 1.165) is 69.3 Å². The highest BCUT2D eigenvalue weighted by Crippen LogP contribution is 2.35. The third kappa shape index (κ3) is 4.38. The molecule has 0 radical (unpaired) electrons. The first-order valence-corrected chi connectivity index (χ1v) is 10.7. The molecule has 5 nitrogen and oxygen atoms in total. The molecule has 4 rings (SSSR count). The van der Waals surface area contributed by atoms with Crippen LogP contribution in [0.15, 0.2) is 18.2 Å². The van der Waals surface area contributed by atoms with Crippen molar-refractivity contribution in [3.63, 3.8) is 0 Å². The Balaban J connectivity index is 1.59. The maximum atomic E-state index is 13.3. The van der Waals surface area contributed by atoms with Gasteiger partial charge in [0.25, 0.3) is 0 Å². The van der Waals surface area contributed by atoms with E-state index in [0.29, 0.717) is 17.7 Å². The Labute approximate surface area is 175 Å². The van der Waals surface area contributed by atoms with Gasteiger partial charge in [-0.2, -0.15) is 18.2 Å². The van der Waals surface area contributed by atoms with Gasteiger partial charge < -0.3 is 15.5 Å². The van der Waals surface area contributed by atoms with Crippen LogP contribution in [0.4, 0.5) is 30.6 Å². The second-order valence-corrected chi connectivity index (χ2v) is 8.19. The van der Waals surface area contributed by atoms with Crippen LogP contribution in [0.5, 0.6) is 0 Å². The number of alkyl halides is 3. The van der Waals surface area contributed by atoms with Crippen LogP contribution in [0.1, 0.15) is 48.6 Å². The average Bonchev–Trinajstić information content (AvgIpc) is 3.35. The van der Waals surface area contributed by atoms with Crippen LogP contribution in [0, 0.1) is 6.92 Å². The highest BCUT2D eigenvalue weighted by atomic mass is 19.4. The lowest BCUT2D eigenvalue weighted by Gasteiger charge is -2.22. The molecule has 2 N–H and O–H groups in total. The van der Waals surface area contributed by atoms with Gasteiger partial charge in [-0.3, -0.25) is 0 Å². The summed E-state index contributed by atoms with van der Waals surface area (Å²) < 4.78 is 39.8. The van der Waals surface area contributed by atoms with Crippen molar-refractivity contribution in [2.24, 2.45) is 0 Å². The summed E-state index contributed by atoms with van der Waals surface area (Å²) in [5.41, 5.74) is 2.11. The number of halogens is 3. The van der Waals surface area contributed by atoms with Crippen molar-refractivity contribution in [3.05, 3.63) is 40.6 Å². The molecule has 0 amide bonds. The fourth-order valence-electron chi connectivity index (χ4n) is 4.33. The standard InChI is InChI=1S/C22H28F3N5/c1-3-10-26-16-9-11-30(13-16)20-17-5-4-6-19(17)28-21(29-20)27-15-8-7-14(2)18(12-15)22(23,24)25/h7-8,12,16,26H,3-6,9-11,13H2,1-2H3,(H,27,28,29). The van der Waals surface area contributed by atoms with E-state index in [1.54, 1.807) is 6.07 Å². The summed E-state index contributed by atoms with van der Waals surface area (Å²) in [7, 11) is 0. The molecule has 1 aliphatic heterocycles. The SMILES string of the molecule is CCCNC1CCN(c2nc(Nc3ccc(C)c(C(F)(F)F)c3)nc3c2CCC3)C1. The summed E-state index contributed by atoms with van der Waals surface area (Å²) in [6.45, 7) is 6.44. The molecule has 0 spiro atoms. The molecule has 0 saturated carbocycles. The van der Waals surface area contributed by atoms with E-state index in [2.05, 4.69) is 27.4 Å². The molecular weight excluding hydrogens is 391 g/mol. The Morgan fingerprint density at radius 3 is 2.80 bits per heavy atom. The number of hydrogen-bond donors (Lipinski definition) is 2. The van der Waals surface area contributed by atoms with Crippen LogP contribution >= 0.6 is 0 Å². The van der Waals surface area contributed by atoms with E-state index < -0.39 is 11.7 Å². The van der Waals surface area contributed by atoms with Gasteiger partial charge >= 0.3 is 6.18 Å². The van der Waals surface area contributed by atoms with E-state index in [9.17, 15) is 13.2 Å². The topological polar surface area (TPSA) is 53.1 Å². The number of fused-ring (bicyclic) bond motifs is 1. The van der Waals surface area contributed by atoms with E-state index >= 15 is 0 Å². The maximum absolute atomic E-state index is 13.3. The lowest BCUT2D eigenvalue weighted by Crippen LogP contribution is -2.33. The highest BCUT2D eigenvalue weighted by Gasteiger charge is 2.33. The minimum Gasteiger partial charge on any atom is -0.355 e. The summed E-state index contributed by atoms with van der Waals surface area (Å²) in [6.07, 6.45) is 0.651. The van der Waals surface area contributed by atoms with E-state index in [4.69, 9.17) is 4.98 Å². The number of hydrogen-bond acceptors (Lipinski definition) is 5. The van der Waals surface area contributed by atoms with Gasteiger partial charge in [0, 0.05) is 30.4 Å². The minimum atomic E-state index is -4.39. The fraction of sp³-hybridized carbons (Fsp3) is 0.545. The predicted molar refractivity (Wildman–Crippen MR) is 112 cm³/mol. The molecule has 1 aliphatic carbocycles. The number of aromatic nitrogens is 2. The third-order valence-electron chi connectivity index (χ3n) is 5.88. The number of rotatable bonds is 6. The van der Waals surface area contributed by atoms with Crippen LogP contribution in [0.2, 0.25) is 0 Å². The van der Waals surface area contributed by atoms with E-state index in [1.165, 1.54) is 18.6 Å². The first-order chi connectivity index (χ1) is 14.3. The largest absolute Gasteiger partial charge is 0.416 e. The molecule has 1 unspecified atom stereocenters. The molecule has 2 heterocycles. The predicted octanol–water partition coefficient (Wildman–Crippen LogP) is 4.61. The first-order valence-electron chi connectivity index (χ1n) is 10.7. The van der Waals surface area contributed by atoms with E-state index in [-0.39, 0.29) is 5.56 Å². The number of aryl methyl sites for hydroxylation is 2. The molecule has 1 atom stereocenters. The van der Waals surface area contributed by atoms with Crippen LogP contribution in [0.25, 0.3) is 0 Å². The molecule has 2 aromatic rings. The van der Waals surface area contributed by atoms with E-state index in [1.807, 2.05) is 0 Å². The van der Waals surface area contributed by atoms with Gasteiger partial charge in [0.15, 0.2) is 0 Å². The van der Waals surface area contributed by atoms with Crippen molar-refractivity contribution in [1.82, 2.24) is 15.3 Å². The quantitative estimate of drug-likeness (QED) is 0.716. The lowest BCUT2D eigenvalue weighted by molar-refractivity contribution is -0.138. The van der Waals surface area contributed by atoms with Crippen LogP contribution in [-0.4, -0.2) is 35.6 Å². The Morgan fingerprint density at radius 1 is 1.20 bits per heavy atom. The lowest BCUT2D eigenvalue weighted by atomic mass is 10.1. The van der Waals surface area contributed by atoms with Crippen molar-refractivity contribution in [2.45, 2.75) is 58.2 Å². The molecule has 0 bridgehead atoms. The van der Waals surface area contributed by atoms with Gasteiger partial charge in [0.1, 0.15) is 5.82 Å². The highest BCUT2D eigenvalue weighted by molar-refractivity contribution is 5.61. The molecule has 30 heavy (non-hydrogen) atoms. The Hall–Kier alpha value is -2.35. The number of nitrogens with one attached hydrogen (secondary N) is 2. The average molecular weight is 419 g/mol. The molecule has 1 aromatic heterocycles. The summed E-state index contributed by atoms with van der Waals surface area (Å²) in [4.78, 5) is 11.7. The molecule has 1 saturated heterocycles. The second-order valence-electron chi connectivity index (χ2n) is 8.19. The van der Waals surface area contributed by atoms with Gasteiger partial charge in [0.2, 0.25) is 5.95 Å². The Morgan fingerprint density at radius 2 is 2.03 bits per heavy atom. The molecule has 2 aliphatic rings. The van der Waals surface area contributed by atoms with Gasteiger partial charge in [-0.05, 0) is 63.3 Å². The van der Waals surface area contributed by atoms with Gasteiger partial charge in [-0.1, -0.05) is 13.0 Å². The first kappa shape index (κ1) is 20.9. The van der Waals surface area contributed by atoms with Crippen molar-refractivity contribution >= 4 is 17.5 Å². The molecule has 1 fully saturated rings. The zero-order chi connectivity index (χ0) is 21.3. The summed E-state index contributed by atoms with van der Waals surface area (Å²) in [6, 6.07) is 4.69. The van der Waals surface area contributed by atoms with Crippen molar-refractivity contribution in [3.8, 4) is 0 Å². The van der Waals surface area contributed by atoms with Crippen LogP contribution < -0.4 is 15.5 Å². The van der Waals surface area contributed by atoms with Crippen LogP contribution in [0.3, 0.4) is 0 Å². The summed E-state index contributed by atoms with van der Waals surface area (Å²) >= 11 is 0. The van der Waals surface area contributed by atoms with Crippen LogP contribution in [-0.2, 0) is 19.0 Å². The smallest absolute Gasteiger partial charge is 0.355 e. The number of nitrogens with zero attached hydrogens (tertiary/aromatic N) is 3. The number of anilines is 3. The third-order valence-corrected chi connectivity index (χ3v) is 5.88. The second kappa shape index (κ2) is 8.41. The van der Waals surface area contributed by atoms with Crippen molar-refractivity contribution in [2.75, 3.05) is 29.9 Å². The molecule has 162 valence electrons. The zero-order valence-electron chi connectivity index (χ0n) is 17.4. The molecule has 8 heteroatoms. The minimum absolute atomic E-state index is 0.200. The monoisotopic (exact) mass is 419 g/mol. The maximum Gasteiger partial charge on any atom is 0.416 e. The van der Waals surface area contributed by atoms with Gasteiger partial charge in [-0.15, -0.1) is 0 Å². The Bertz CT molecular complexity index is 912. The van der Waals surface area contributed by atoms with Gasteiger partial charge in [-0.25, -0.2) is 4.98 Å². The molecule has 1 aromatic carbocycles. The van der Waals surface area contributed by atoms with Crippen molar-refractivity contribution < 1.29 is 13.2 Å². The summed E-state index contributed by atoms with van der Waals surface area (Å²) in [5, 5.41) is 6.59. The molecular formula is C22H28F3N5.